The first-order valence-electron chi connectivity index (χ1n) is 8.81. The Balaban J connectivity index is 1.66. The Morgan fingerprint density at radius 1 is 1.22 bits per heavy atom. The smallest absolute Gasteiger partial charge is 0.293 e. The van der Waals surface area contributed by atoms with E-state index in [4.69, 9.17) is 9.15 Å². The van der Waals surface area contributed by atoms with Crippen molar-refractivity contribution >= 4 is 43.6 Å². The van der Waals surface area contributed by atoms with Crippen molar-refractivity contribution < 1.29 is 13.9 Å². The molecule has 1 amide bonds. The van der Waals surface area contributed by atoms with E-state index in [1.807, 2.05) is 52.0 Å². The Labute approximate surface area is 161 Å². The fourth-order valence-electron chi connectivity index (χ4n) is 3.38. The molecule has 0 aliphatic heterocycles. The van der Waals surface area contributed by atoms with Crippen LogP contribution in [0.3, 0.4) is 0 Å². The summed E-state index contributed by atoms with van der Waals surface area (Å²) in [7, 11) is 0. The monoisotopic (exact) mass is 380 g/mol. The molecular formula is C21H20N2O3S. The third-order valence-corrected chi connectivity index (χ3v) is 5.40. The number of amides is 1. The Morgan fingerprint density at radius 2 is 2.04 bits per heavy atom. The molecule has 2 aromatic heterocycles. The van der Waals surface area contributed by atoms with Gasteiger partial charge in [0.2, 0.25) is 0 Å². The first-order valence-corrected chi connectivity index (χ1v) is 9.63. The highest BCUT2D eigenvalue weighted by molar-refractivity contribution is 7.22. The zero-order valence-electron chi connectivity index (χ0n) is 15.7. The van der Waals surface area contributed by atoms with Crippen LogP contribution in [0.25, 0.3) is 21.2 Å². The van der Waals surface area contributed by atoms with Crippen molar-refractivity contribution in [1.82, 2.24) is 4.98 Å². The molecule has 4 aromatic rings. The number of rotatable bonds is 4. The number of fused-ring (bicyclic) bond motifs is 2. The number of ether oxygens (including phenoxy) is 1. The molecule has 0 radical (unpaired) electrons. The molecule has 138 valence electrons. The molecule has 5 nitrogen and oxygen atoms in total. The molecule has 0 bridgehead atoms. The SMILES string of the molecule is CCOc1ccc2nc(NC(=O)c3oc4cc(C)cc(C)c4c3C)sc2c1. The number of aryl methyl sites for hydroxylation is 3. The van der Waals surface area contributed by atoms with E-state index in [1.54, 1.807) is 0 Å². The predicted molar refractivity (Wildman–Crippen MR) is 109 cm³/mol. The minimum absolute atomic E-state index is 0.287. The second-order valence-corrected chi connectivity index (χ2v) is 7.58. The summed E-state index contributed by atoms with van der Waals surface area (Å²) in [6.45, 7) is 8.51. The van der Waals surface area contributed by atoms with Crippen molar-refractivity contribution in [2.24, 2.45) is 0 Å². The molecule has 6 heteroatoms. The number of hydrogen-bond acceptors (Lipinski definition) is 5. The van der Waals surface area contributed by atoms with Gasteiger partial charge >= 0.3 is 0 Å². The predicted octanol–water partition coefficient (Wildman–Crippen LogP) is 5.62. The van der Waals surface area contributed by atoms with Crippen molar-refractivity contribution in [2.75, 3.05) is 11.9 Å². The van der Waals surface area contributed by atoms with Gasteiger partial charge in [-0.25, -0.2) is 4.98 Å². The zero-order chi connectivity index (χ0) is 19.1. The van der Waals surface area contributed by atoms with Crippen LogP contribution in [-0.4, -0.2) is 17.5 Å². The highest BCUT2D eigenvalue weighted by Crippen LogP contribution is 2.32. The van der Waals surface area contributed by atoms with Gasteiger partial charge in [-0.2, -0.15) is 0 Å². The summed E-state index contributed by atoms with van der Waals surface area (Å²) in [5, 5.41) is 4.40. The summed E-state index contributed by atoms with van der Waals surface area (Å²) < 4.78 is 12.3. The van der Waals surface area contributed by atoms with Gasteiger partial charge in [0.15, 0.2) is 10.9 Å². The van der Waals surface area contributed by atoms with Crippen molar-refractivity contribution in [2.45, 2.75) is 27.7 Å². The number of carbonyl (C=O) groups excluding carboxylic acids is 1. The number of nitrogens with zero attached hydrogens (tertiary/aromatic N) is 1. The molecule has 0 unspecified atom stereocenters. The number of carbonyl (C=O) groups is 1. The summed E-state index contributed by atoms with van der Waals surface area (Å²) in [5.41, 5.74) is 4.62. The second kappa shape index (κ2) is 6.70. The lowest BCUT2D eigenvalue weighted by molar-refractivity contribution is 0.0998. The Morgan fingerprint density at radius 3 is 2.81 bits per heavy atom. The molecule has 0 fully saturated rings. The number of thiazole rings is 1. The minimum Gasteiger partial charge on any atom is -0.494 e. The number of furan rings is 1. The van der Waals surface area contributed by atoms with Crippen LogP contribution in [0.1, 0.15) is 34.2 Å². The van der Waals surface area contributed by atoms with Crippen LogP contribution in [0.15, 0.2) is 34.7 Å². The summed E-state index contributed by atoms with van der Waals surface area (Å²) in [4.78, 5) is 17.3. The maximum Gasteiger partial charge on any atom is 0.293 e. The lowest BCUT2D eigenvalue weighted by Crippen LogP contribution is -2.11. The standard InChI is InChI=1S/C21H20N2O3S/c1-5-25-14-6-7-15-17(10-14)27-21(22-15)23-20(24)19-13(4)18-12(3)8-11(2)9-16(18)26-19/h6-10H,5H2,1-4H3,(H,22,23,24). The van der Waals surface area contributed by atoms with E-state index in [0.29, 0.717) is 17.5 Å². The molecule has 0 aliphatic carbocycles. The number of benzene rings is 2. The van der Waals surface area contributed by atoms with Gasteiger partial charge in [0.1, 0.15) is 11.3 Å². The second-order valence-electron chi connectivity index (χ2n) is 6.55. The fourth-order valence-corrected chi connectivity index (χ4v) is 4.26. The largest absolute Gasteiger partial charge is 0.494 e. The highest BCUT2D eigenvalue weighted by Gasteiger charge is 2.20. The lowest BCUT2D eigenvalue weighted by atomic mass is 10.0. The molecule has 4 rings (SSSR count). The van der Waals surface area contributed by atoms with E-state index in [1.165, 1.54) is 11.3 Å². The molecule has 0 aliphatic rings. The van der Waals surface area contributed by atoms with E-state index in [0.717, 1.165) is 43.6 Å². The van der Waals surface area contributed by atoms with Gasteiger partial charge in [-0.1, -0.05) is 17.4 Å². The number of nitrogens with one attached hydrogen (secondary N) is 1. The lowest BCUT2D eigenvalue weighted by Gasteiger charge is -2.00. The van der Waals surface area contributed by atoms with Gasteiger partial charge in [-0.3, -0.25) is 10.1 Å². The maximum absolute atomic E-state index is 12.8. The van der Waals surface area contributed by atoms with Gasteiger partial charge in [-0.05, 0) is 63.1 Å². The van der Waals surface area contributed by atoms with Crippen LogP contribution in [0.5, 0.6) is 5.75 Å². The van der Waals surface area contributed by atoms with E-state index in [2.05, 4.69) is 16.4 Å². The molecule has 1 N–H and O–H groups in total. The van der Waals surface area contributed by atoms with Gasteiger partial charge in [0.25, 0.3) is 5.91 Å². The van der Waals surface area contributed by atoms with E-state index >= 15 is 0 Å². The van der Waals surface area contributed by atoms with E-state index < -0.39 is 0 Å². The quantitative estimate of drug-likeness (QED) is 0.499. The van der Waals surface area contributed by atoms with Crippen molar-refractivity contribution in [3.8, 4) is 5.75 Å². The number of hydrogen-bond donors (Lipinski definition) is 1. The van der Waals surface area contributed by atoms with E-state index in [-0.39, 0.29) is 5.91 Å². The normalized spacial score (nSPS) is 11.3. The van der Waals surface area contributed by atoms with Crippen LogP contribution < -0.4 is 10.1 Å². The molecule has 0 saturated carbocycles. The van der Waals surface area contributed by atoms with Gasteiger partial charge in [-0.15, -0.1) is 0 Å². The minimum atomic E-state index is -0.287. The summed E-state index contributed by atoms with van der Waals surface area (Å²) in [6, 6.07) is 9.76. The van der Waals surface area contributed by atoms with Crippen LogP contribution in [0, 0.1) is 20.8 Å². The first-order chi connectivity index (χ1) is 13.0. The molecular weight excluding hydrogens is 360 g/mol. The van der Waals surface area contributed by atoms with Crippen molar-refractivity contribution in [1.29, 1.82) is 0 Å². The van der Waals surface area contributed by atoms with Crippen molar-refractivity contribution in [3.05, 3.63) is 52.8 Å². The van der Waals surface area contributed by atoms with Gasteiger partial charge < -0.3 is 9.15 Å². The van der Waals surface area contributed by atoms with Crippen molar-refractivity contribution in [3.63, 3.8) is 0 Å². The number of aromatic nitrogens is 1. The average molecular weight is 380 g/mol. The Kier molecular flexibility index (Phi) is 4.36. The van der Waals surface area contributed by atoms with Gasteiger partial charge in [0, 0.05) is 10.9 Å². The van der Waals surface area contributed by atoms with Crippen LogP contribution in [0.4, 0.5) is 5.13 Å². The number of anilines is 1. The average Bonchev–Trinajstić information content (AvgIpc) is 3.15. The molecule has 0 saturated heterocycles. The molecule has 27 heavy (non-hydrogen) atoms. The molecule has 2 aromatic carbocycles. The molecule has 0 atom stereocenters. The topological polar surface area (TPSA) is 64.4 Å². The van der Waals surface area contributed by atoms with Crippen LogP contribution in [0.2, 0.25) is 0 Å². The Bertz CT molecular complexity index is 1170. The van der Waals surface area contributed by atoms with E-state index in [9.17, 15) is 4.79 Å². The summed E-state index contributed by atoms with van der Waals surface area (Å²) in [5.74, 6) is 0.836. The van der Waals surface area contributed by atoms with Gasteiger partial charge in [0.05, 0.1) is 16.8 Å². The maximum atomic E-state index is 12.8. The van der Waals surface area contributed by atoms with Crippen LogP contribution >= 0.6 is 11.3 Å². The first kappa shape index (κ1) is 17.5. The fraction of sp³-hybridized carbons (Fsp3) is 0.238. The van der Waals surface area contributed by atoms with Crippen LogP contribution in [-0.2, 0) is 0 Å². The molecule has 0 spiro atoms. The third-order valence-electron chi connectivity index (χ3n) is 4.47. The zero-order valence-corrected chi connectivity index (χ0v) is 16.5. The summed E-state index contributed by atoms with van der Waals surface area (Å²) in [6.07, 6.45) is 0. The highest BCUT2D eigenvalue weighted by atomic mass is 32.1. The third kappa shape index (κ3) is 3.17. The Hall–Kier alpha value is -2.86. The summed E-state index contributed by atoms with van der Waals surface area (Å²) >= 11 is 1.41. The molecule has 2 heterocycles.